The maximum Gasteiger partial charge on any atom is 0.228 e. The molecule has 0 aliphatic carbocycles. The minimum Gasteiger partial charge on any atom is -0.508 e. The summed E-state index contributed by atoms with van der Waals surface area (Å²) in [5.74, 6) is -0.833. The molecule has 2 N–H and O–H groups in total. The minimum atomic E-state index is -0.515. The van der Waals surface area contributed by atoms with Crippen molar-refractivity contribution in [2.75, 3.05) is 5.32 Å². The molecule has 0 saturated heterocycles. The highest BCUT2D eigenvalue weighted by Crippen LogP contribution is 2.17. The van der Waals surface area contributed by atoms with Crippen LogP contribution in [0.1, 0.15) is 5.56 Å². The van der Waals surface area contributed by atoms with Crippen LogP contribution in [0.25, 0.3) is 0 Å². The summed E-state index contributed by atoms with van der Waals surface area (Å²) in [7, 11) is 0. The largest absolute Gasteiger partial charge is 0.508 e. The van der Waals surface area contributed by atoms with Crippen LogP contribution in [0.4, 0.5) is 10.1 Å². The molecule has 0 saturated carbocycles. The standard InChI is InChI=1S/C14H11ClFNO2/c15-10-5-4-9(13(16)7-10)6-14(19)17-11-2-1-3-12(18)8-11/h1-5,7-8,18H,6H2,(H,17,19). The van der Waals surface area contributed by atoms with Gasteiger partial charge in [-0.25, -0.2) is 4.39 Å². The van der Waals surface area contributed by atoms with Gasteiger partial charge in [0.1, 0.15) is 11.6 Å². The van der Waals surface area contributed by atoms with Crippen molar-refractivity contribution in [1.82, 2.24) is 0 Å². The second-order valence-electron chi connectivity index (χ2n) is 4.01. The summed E-state index contributed by atoms with van der Waals surface area (Å²) in [5.41, 5.74) is 0.724. The molecule has 0 aliphatic rings. The molecule has 0 aromatic heterocycles. The number of phenols is 1. The van der Waals surface area contributed by atoms with E-state index < -0.39 is 5.82 Å². The predicted molar refractivity (Wildman–Crippen MR) is 71.9 cm³/mol. The van der Waals surface area contributed by atoms with Gasteiger partial charge in [0.15, 0.2) is 0 Å². The van der Waals surface area contributed by atoms with E-state index in [1.54, 1.807) is 12.1 Å². The van der Waals surface area contributed by atoms with Crippen LogP contribution in [-0.4, -0.2) is 11.0 Å². The van der Waals surface area contributed by atoms with E-state index in [1.165, 1.54) is 30.3 Å². The van der Waals surface area contributed by atoms with Crippen LogP contribution in [0.5, 0.6) is 5.75 Å². The molecule has 0 atom stereocenters. The fourth-order valence-corrected chi connectivity index (χ4v) is 1.79. The molecule has 98 valence electrons. The van der Waals surface area contributed by atoms with Crippen molar-refractivity contribution >= 4 is 23.2 Å². The zero-order valence-corrected chi connectivity index (χ0v) is 10.6. The first-order chi connectivity index (χ1) is 9.04. The van der Waals surface area contributed by atoms with Crippen LogP contribution in [0, 0.1) is 5.82 Å². The van der Waals surface area contributed by atoms with E-state index in [-0.39, 0.29) is 28.7 Å². The van der Waals surface area contributed by atoms with Gasteiger partial charge < -0.3 is 10.4 Å². The lowest BCUT2D eigenvalue weighted by Crippen LogP contribution is -2.15. The second kappa shape index (κ2) is 5.71. The number of nitrogens with one attached hydrogen (secondary N) is 1. The quantitative estimate of drug-likeness (QED) is 0.905. The normalized spacial score (nSPS) is 10.2. The minimum absolute atomic E-state index is 0.0514. The molecule has 1 amide bonds. The van der Waals surface area contributed by atoms with Gasteiger partial charge in [-0.3, -0.25) is 4.79 Å². The van der Waals surface area contributed by atoms with Crippen molar-refractivity contribution in [3.8, 4) is 5.75 Å². The fraction of sp³-hybridized carbons (Fsp3) is 0.0714. The number of carbonyl (C=O) groups is 1. The summed E-state index contributed by atoms with van der Waals surface area (Å²) in [6.45, 7) is 0. The number of hydrogen-bond donors (Lipinski definition) is 2. The number of hydrogen-bond acceptors (Lipinski definition) is 2. The second-order valence-corrected chi connectivity index (χ2v) is 4.45. The summed E-state index contributed by atoms with van der Waals surface area (Å²) in [5, 5.41) is 12.1. The Morgan fingerprint density at radius 2 is 2.05 bits per heavy atom. The van der Waals surface area contributed by atoms with Crippen molar-refractivity contribution in [2.45, 2.75) is 6.42 Å². The van der Waals surface area contributed by atoms with Crippen molar-refractivity contribution < 1.29 is 14.3 Å². The highest BCUT2D eigenvalue weighted by atomic mass is 35.5. The van der Waals surface area contributed by atoms with E-state index in [0.29, 0.717) is 5.69 Å². The number of amides is 1. The number of benzene rings is 2. The average Bonchev–Trinajstić information content (AvgIpc) is 2.33. The molecule has 5 heteroatoms. The Labute approximate surface area is 114 Å². The predicted octanol–water partition coefficient (Wildman–Crippen LogP) is 3.37. The highest BCUT2D eigenvalue weighted by Gasteiger charge is 2.09. The number of carbonyl (C=O) groups excluding carboxylic acids is 1. The van der Waals surface area contributed by atoms with Gasteiger partial charge in [-0.05, 0) is 29.8 Å². The maximum atomic E-state index is 13.5. The smallest absolute Gasteiger partial charge is 0.228 e. The maximum absolute atomic E-state index is 13.5. The molecule has 0 radical (unpaired) electrons. The monoisotopic (exact) mass is 279 g/mol. The van der Waals surface area contributed by atoms with E-state index in [4.69, 9.17) is 11.6 Å². The van der Waals surface area contributed by atoms with Crippen LogP contribution in [-0.2, 0) is 11.2 Å². The van der Waals surface area contributed by atoms with Gasteiger partial charge in [0.05, 0.1) is 6.42 Å². The molecule has 0 bridgehead atoms. The van der Waals surface area contributed by atoms with Gasteiger partial charge in [-0.15, -0.1) is 0 Å². The van der Waals surface area contributed by atoms with Crippen LogP contribution >= 0.6 is 11.6 Å². The van der Waals surface area contributed by atoms with Crippen molar-refractivity contribution in [3.05, 3.63) is 58.9 Å². The molecule has 0 fully saturated rings. The third-order valence-corrected chi connectivity index (χ3v) is 2.73. The topological polar surface area (TPSA) is 49.3 Å². The summed E-state index contributed by atoms with van der Waals surface area (Å²) >= 11 is 5.63. The van der Waals surface area contributed by atoms with E-state index in [0.717, 1.165) is 0 Å². The van der Waals surface area contributed by atoms with Crippen molar-refractivity contribution in [2.24, 2.45) is 0 Å². The third-order valence-electron chi connectivity index (χ3n) is 2.50. The molecule has 19 heavy (non-hydrogen) atoms. The average molecular weight is 280 g/mol. The van der Waals surface area contributed by atoms with E-state index >= 15 is 0 Å². The molecular formula is C14H11ClFNO2. The molecule has 0 aliphatic heterocycles. The van der Waals surface area contributed by atoms with Crippen molar-refractivity contribution in [3.63, 3.8) is 0 Å². The number of rotatable bonds is 3. The number of halogens is 2. The SMILES string of the molecule is O=C(Cc1ccc(Cl)cc1F)Nc1cccc(O)c1. The molecule has 2 rings (SSSR count). The highest BCUT2D eigenvalue weighted by molar-refractivity contribution is 6.30. The Hall–Kier alpha value is -2.07. The third kappa shape index (κ3) is 3.69. The molecule has 0 spiro atoms. The van der Waals surface area contributed by atoms with Crippen LogP contribution < -0.4 is 5.32 Å². The van der Waals surface area contributed by atoms with Gasteiger partial charge in [0.25, 0.3) is 0 Å². The first kappa shape index (κ1) is 13.4. The molecule has 2 aromatic rings. The van der Waals surface area contributed by atoms with Gasteiger partial charge in [0, 0.05) is 16.8 Å². The van der Waals surface area contributed by atoms with Gasteiger partial charge in [-0.2, -0.15) is 0 Å². The Morgan fingerprint density at radius 3 is 2.74 bits per heavy atom. The van der Waals surface area contributed by atoms with Gasteiger partial charge in [-0.1, -0.05) is 23.7 Å². The van der Waals surface area contributed by atoms with Crippen molar-refractivity contribution in [1.29, 1.82) is 0 Å². The van der Waals surface area contributed by atoms with E-state index in [2.05, 4.69) is 5.32 Å². The number of aromatic hydroxyl groups is 1. The Kier molecular flexibility index (Phi) is 4.02. The van der Waals surface area contributed by atoms with E-state index in [1.807, 2.05) is 0 Å². The summed E-state index contributed by atoms with van der Waals surface area (Å²) < 4.78 is 13.5. The van der Waals surface area contributed by atoms with Crippen LogP contribution in [0.3, 0.4) is 0 Å². The van der Waals surface area contributed by atoms with E-state index in [9.17, 15) is 14.3 Å². The summed E-state index contributed by atoms with van der Waals surface area (Å²) in [6, 6.07) is 10.3. The van der Waals surface area contributed by atoms with Crippen LogP contribution in [0.2, 0.25) is 5.02 Å². The molecule has 3 nitrogen and oxygen atoms in total. The fourth-order valence-electron chi connectivity index (χ4n) is 1.63. The lowest BCUT2D eigenvalue weighted by molar-refractivity contribution is -0.115. The zero-order valence-electron chi connectivity index (χ0n) is 9.86. The Bertz CT molecular complexity index is 616. The Morgan fingerprint density at radius 1 is 1.26 bits per heavy atom. The number of anilines is 1. The lowest BCUT2D eigenvalue weighted by Gasteiger charge is -2.06. The molecular weight excluding hydrogens is 269 g/mol. The number of phenolic OH excluding ortho intramolecular Hbond substituents is 1. The summed E-state index contributed by atoms with van der Waals surface area (Å²) in [4.78, 5) is 11.7. The lowest BCUT2D eigenvalue weighted by atomic mass is 10.1. The molecule has 0 heterocycles. The summed E-state index contributed by atoms with van der Waals surface area (Å²) in [6.07, 6.45) is -0.0986. The molecule has 0 unspecified atom stereocenters. The van der Waals surface area contributed by atoms with Gasteiger partial charge in [0.2, 0.25) is 5.91 Å². The molecule has 2 aromatic carbocycles. The first-order valence-electron chi connectivity index (χ1n) is 5.57. The zero-order chi connectivity index (χ0) is 13.8. The van der Waals surface area contributed by atoms with Gasteiger partial charge >= 0.3 is 0 Å². The van der Waals surface area contributed by atoms with Crippen LogP contribution in [0.15, 0.2) is 42.5 Å². The first-order valence-corrected chi connectivity index (χ1v) is 5.95. The Balaban J connectivity index is 2.05.